The number of rotatable bonds is 34. The Hall–Kier alpha value is -0.990. The van der Waals surface area contributed by atoms with Gasteiger partial charge in [-0.15, -0.1) is 0 Å². The first-order chi connectivity index (χ1) is 21.3. The highest BCUT2D eigenvalue weighted by Crippen LogP contribution is 2.43. The molecule has 2 atom stereocenters. The Morgan fingerprint density at radius 1 is 0.591 bits per heavy atom. The lowest BCUT2D eigenvalue weighted by atomic mass is 10.1. The van der Waals surface area contributed by atoms with Crippen molar-refractivity contribution in [2.75, 3.05) is 26.4 Å². The van der Waals surface area contributed by atoms with Crippen molar-refractivity contribution in [3.8, 4) is 0 Å². The third-order valence-corrected chi connectivity index (χ3v) is 8.71. The summed E-state index contributed by atoms with van der Waals surface area (Å²) in [5.74, 6) is -0.813. The van der Waals surface area contributed by atoms with Crippen LogP contribution in [0.2, 0.25) is 0 Å². The Morgan fingerprint density at radius 2 is 1.00 bits per heavy atom. The highest BCUT2D eigenvalue weighted by atomic mass is 31.2. The van der Waals surface area contributed by atoms with E-state index in [1.54, 1.807) is 0 Å². The molecule has 0 rings (SSSR count). The second kappa shape index (κ2) is 32.0. The van der Waals surface area contributed by atoms with E-state index in [0.717, 1.165) is 32.1 Å². The van der Waals surface area contributed by atoms with E-state index in [1.807, 2.05) is 0 Å². The number of hydrogen-bond acceptors (Lipinski definition) is 8. The van der Waals surface area contributed by atoms with E-state index in [0.29, 0.717) is 19.4 Å². The Morgan fingerprint density at radius 3 is 1.43 bits per heavy atom. The predicted molar refractivity (Wildman–Crippen MR) is 178 cm³/mol. The second-order valence-corrected chi connectivity index (χ2v) is 13.6. The smallest absolute Gasteiger partial charge is 0.462 e. The largest absolute Gasteiger partial charge is 0.472 e. The molecule has 0 saturated heterocycles. The zero-order valence-corrected chi connectivity index (χ0v) is 29.3. The molecule has 10 heteroatoms. The zero-order chi connectivity index (χ0) is 32.6. The molecule has 0 aromatic heterocycles. The molecule has 3 N–H and O–H groups in total. The Balaban J connectivity index is 4.31. The topological polar surface area (TPSA) is 134 Å². The van der Waals surface area contributed by atoms with E-state index in [4.69, 9.17) is 24.3 Å². The molecule has 0 aromatic rings. The molecule has 0 amide bonds. The quantitative estimate of drug-likeness (QED) is 0.0397. The molecule has 0 aliphatic carbocycles. The summed E-state index contributed by atoms with van der Waals surface area (Å²) in [7, 11) is -4.34. The normalized spacial score (nSPS) is 13.5. The Kier molecular flexibility index (Phi) is 31.3. The summed E-state index contributed by atoms with van der Waals surface area (Å²) in [4.78, 5) is 34.7. The second-order valence-electron chi connectivity index (χ2n) is 12.1. The molecule has 0 fully saturated rings. The minimum atomic E-state index is -4.34. The first-order valence-electron chi connectivity index (χ1n) is 18.0. The molecule has 262 valence electrons. The van der Waals surface area contributed by atoms with Crippen molar-refractivity contribution in [1.82, 2.24) is 0 Å². The van der Waals surface area contributed by atoms with Crippen molar-refractivity contribution in [1.29, 1.82) is 0 Å². The van der Waals surface area contributed by atoms with Gasteiger partial charge in [-0.3, -0.25) is 18.6 Å². The number of carbonyl (C=O) groups excluding carboxylic acids is 2. The maximum Gasteiger partial charge on any atom is 0.472 e. The van der Waals surface area contributed by atoms with E-state index >= 15 is 0 Å². The summed E-state index contributed by atoms with van der Waals surface area (Å²) >= 11 is 0. The van der Waals surface area contributed by atoms with Crippen molar-refractivity contribution >= 4 is 19.8 Å². The standard InChI is InChI=1S/C34H68NO8P/c1-3-5-7-9-11-13-15-17-19-21-23-26-33(36)40-30-32(31-42-44(38,39)41-29-25-28-35)43-34(37)27-24-22-20-18-16-14-12-10-8-6-4-2/h32H,3-31,35H2,1-2H3,(H,38,39)/t32-/m0/s1. The van der Waals surface area contributed by atoms with Gasteiger partial charge in [0.05, 0.1) is 13.2 Å². The van der Waals surface area contributed by atoms with Gasteiger partial charge >= 0.3 is 19.8 Å². The van der Waals surface area contributed by atoms with Crippen LogP contribution in [0.15, 0.2) is 0 Å². The lowest BCUT2D eigenvalue weighted by molar-refractivity contribution is -0.161. The average Bonchev–Trinajstić information content (AvgIpc) is 3.00. The lowest BCUT2D eigenvalue weighted by Crippen LogP contribution is -2.29. The number of hydrogen-bond donors (Lipinski definition) is 2. The molecule has 0 heterocycles. The number of carbonyl (C=O) groups is 2. The molecule has 0 aliphatic heterocycles. The van der Waals surface area contributed by atoms with Gasteiger partial charge in [0, 0.05) is 12.8 Å². The predicted octanol–water partition coefficient (Wildman–Crippen LogP) is 9.33. The summed E-state index contributed by atoms with van der Waals surface area (Å²) in [6, 6.07) is 0. The molecule has 9 nitrogen and oxygen atoms in total. The zero-order valence-electron chi connectivity index (χ0n) is 28.4. The molecule has 0 aromatic carbocycles. The molecule has 0 aliphatic rings. The molecule has 0 radical (unpaired) electrons. The molecule has 0 spiro atoms. The maximum absolute atomic E-state index is 12.5. The molecule has 1 unspecified atom stereocenters. The van der Waals surface area contributed by atoms with Gasteiger partial charge in [-0.1, -0.05) is 142 Å². The summed E-state index contributed by atoms with van der Waals surface area (Å²) in [6.45, 7) is 4.11. The summed E-state index contributed by atoms with van der Waals surface area (Å²) in [6.07, 6.45) is 26.0. The first kappa shape index (κ1) is 43.0. The van der Waals surface area contributed by atoms with Gasteiger partial charge in [-0.05, 0) is 25.8 Å². The fourth-order valence-corrected chi connectivity index (χ4v) is 5.75. The van der Waals surface area contributed by atoms with Gasteiger partial charge in [0.2, 0.25) is 0 Å². The van der Waals surface area contributed by atoms with Gasteiger partial charge in [0.1, 0.15) is 6.61 Å². The number of esters is 2. The average molecular weight is 650 g/mol. The molecule has 44 heavy (non-hydrogen) atoms. The maximum atomic E-state index is 12.5. The number of ether oxygens (including phenoxy) is 2. The summed E-state index contributed by atoms with van der Waals surface area (Å²) < 4.78 is 32.9. The van der Waals surface area contributed by atoms with Crippen molar-refractivity contribution in [2.24, 2.45) is 5.73 Å². The van der Waals surface area contributed by atoms with E-state index in [-0.39, 0.29) is 32.0 Å². The van der Waals surface area contributed by atoms with Crippen molar-refractivity contribution in [2.45, 2.75) is 180 Å². The van der Waals surface area contributed by atoms with Gasteiger partial charge in [-0.2, -0.15) is 0 Å². The number of nitrogens with two attached hydrogens (primary N) is 1. The van der Waals surface area contributed by atoms with Crippen LogP contribution in [0.5, 0.6) is 0 Å². The van der Waals surface area contributed by atoms with Gasteiger partial charge in [0.15, 0.2) is 6.10 Å². The minimum Gasteiger partial charge on any atom is -0.462 e. The van der Waals surface area contributed by atoms with E-state index < -0.39 is 26.5 Å². The van der Waals surface area contributed by atoms with Crippen LogP contribution in [-0.4, -0.2) is 49.3 Å². The van der Waals surface area contributed by atoms with Crippen molar-refractivity contribution < 1.29 is 37.6 Å². The SMILES string of the molecule is CCCCCCCCCCCCCC(=O)OC[C@@H](COP(=O)(O)OCCCN)OC(=O)CCCCCCCCCCCCC. The Labute approximate surface area is 269 Å². The van der Waals surface area contributed by atoms with Crippen LogP contribution in [0.4, 0.5) is 0 Å². The summed E-state index contributed by atoms with van der Waals surface area (Å²) in [5.41, 5.74) is 5.39. The van der Waals surface area contributed by atoms with Gasteiger partial charge in [0.25, 0.3) is 0 Å². The number of phosphoric ester groups is 1. The van der Waals surface area contributed by atoms with Crippen molar-refractivity contribution in [3.63, 3.8) is 0 Å². The van der Waals surface area contributed by atoms with Gasteiger partial charge < -0.3 is 20.1 Å². The van der Waals surface area contributed by atoms with Crippen molar-refractivity contribution in [3.05, 3.63) is 0 Å². The minimum absolute atomic E-state index is 0.0263. The van der Waals surface area contributed by atoms with E-state index in [1.165, 1.54) is 103 Å². The number of unbranched alkanes of at least 4 members (excludes halogenated alkanes) is 20. The van der Waals surface area contributed by atoms with E-state index in [2.05, 4.69) is 13.8 Å². The first-order valence-corrected chi connectivity index (χ1v) is 19.5. The van der Waals surface area contributed by atoms with Crippen LogP contribution in [0.3, 0.4) is 0 Å². The molecular weight excluding hydrogens is 581 g/mol. The third-order valence-electron chi connectivity index (χ3n) is 7.72. The molecular formula is C34H68NO8P. The van der Waals surface area contributed by atoms with Crippen LogP contribution in [0.1, 0.15) is 174 Å². The molecule has 0 saturated carbocycles. The van der Waals surface area contributed by atoms with Crippen LogP contribution < -0.4 is 5.73 Å². The van der Waals surface area contributed by atoms with Crippen LogP contribution in [0.25, 0.3) is 0 Å². The highest BCUT2D eigenvalue weighted by molar-refractivity contribution is 7.47. The molecule has 0 bridgehead atoms. The monoisotopic (exact) mass is 649 g/mol. The number of phosphoric acid groups is 1. The lowest BCUT2D eigenvalue weighted by Gasteiger charge is -2.20. The Bertz CT molecular complexity index is 709. The van der Waals surface area contributed by atoms with Crippen LogP contribution >= 0.6 is 7.82 Å². The van der Waals surface area contributed by atoms with Crippen LogP contribution in [0, 0.1) is 0 Å². The van der Waals surface area contributed by atoms with Gasteiger partial charge in [-0.25, -0.2) is 4.57 Å². The summed E-state index contributed by atoms with van der Waals surface area (Å²) in [5, 5.41) is 0. The van der Waals surface area contributed by atoms with E-state index in [9.17, 15) is 19.0 Å². The highest BCUT2D eigenvalue weighted by Gasteiger charge is 2.26. The third kappa shape index (κ3) is 31.0. The van der Waals surface area contributed by atoms with Crippen LogP contribution in [-0.2, 0) is 32.7 Å². The fraction of sp³-hybridized carbons (Fsp3) is 0.941. The fourth-order valence-electron chi connectivity index (χ4n) is 4.96.